The summed E-state index contributed by atoms with van der Waals surface area (Å²) in [7, 11) is 0. The number of nitrogens with one attached hydrogen (secondary N) is 2. The van der Waals surface area contributed by atoms with Crippen LogP contribution in [0, 0.1) is 0 Å². The Labute approximate surface area is 119 Å². The van der Waals surface area contributed by atoms with Crippen LogP contribution < -0.4 is 11.1 Å². The third-order valence-electron chi connectivity index (χ3n) is 3.11. The summed E-state index contributed by atoms with van der Waals surface area (Å²) in [5.74, 6) is -0.618. The van der Waals surface area contributed by atoms with Crippen LogP contribution in [0.3, 0.4) is 0 Å². The highest BCUT2D eigenvalue weighted by molar-refractivity contribution is 5.93. The second-order valence-electron chi connectivity index (χ2n) is 4.59. The smallest absolute Gasteiger partial charge is 0.408 e. The summed E-state index contributed by atoms with van der Waals surface area (Å²) < 4.78 is 4.94. The zero-order chi connectivity index (χ0) is 14.7. The maximum absolute atomic E-state index is 11.8. The number of carbonyl (C=O) groups excluding carboxylic acids is 1. The molecule has 0 aliphatic heterocycles. The van der Waals surface area contributed by atoms with E-state index in [-0.39, 0.29) is 5.91 Å². The molecule has 0 radical (unpaired) electrons. The molecular weight excluding hydrogens is 270 g/mol. The molecule has 3 aromatic rings. The van der Waals surface area contributed by atoms with Crippen LogP contribution in [-0.4, -0.2) is 22.4 Å². The number of pyridine rings is 1. The third kappa shape index (κ3) is 3.00. The number of hydrogen-bond donors (Lipinski definition) is 2. The maximum atomic E-state index is 11.8. The molecule has 0 aliphatic rings. The molecule has 0 atom stereocenters. The first-order chi connectivity index (χ1) is 10.2. The monoisotopic (exact) mass is 283 g/mol. The van der Waals surface area contributed by atoms with Crippen LogP contribution in [0.2, 0.25) is 0 Å². The van der Waals surface area contributed by atoms with Gasteiger partial charge in [0.25, 0.3) is 5.91 Å². The van der Waals surface area contributed by atoms with Gasteiger partial charge in [0.2, 0.25) is 0 Å². The molecule has 106 valence electrons. The molecule has 1 aromatic carbocycles. The second-order valence-corrected chi connectivity index (χ2v) is 4.59. The van der Waals surface area contributed by atoms with Crippen molar-refractivity contribution in [3.63, 3.8) is 0 Å². The van der Waals surface area contributed by atoms with Crippen molar-refractivity contribution in [2.45, 2.75) is 6.42 Å². The highest BCUT2D eigenvalue weighted by Crippen LogP contribution is 2.12. The first-order valence-corrected chi connectivity index (χ1v) is 6.52. The summed E-state index contributed by atoms with van der Waals surface area (Å²) in [5, 5.41) is 2.83. The Bertz CT molecular complexity index is 821. The minimum Gasteiger partial charge on any atom is -0.408 e. The van der Waals surface area contributed by atoms with E-state index in [0.29, 0.717) is 29.6 Å². The number of benzene rings is 1. The van der Waals surface area contributed by atoms with Gasteiger partial charge < -0.3 is 9.73 Å². The van der Waals surface area contributed by atoms with Crippen molar-refractivity contribution in [3.8, 4) is 0 Å². The molecule has 6 heteroatoms. The Balaban J connectivity index is 1.61. The SMILES string of the molecule is O=C(NCCc1ccc2oc(=O)[nH]c2c1)c1cccnc1. The molecule has 1 amide bonds. The second kappa shape index (κ2) is 5.62. The van der Waals surface area contributed by atoms with Crippen molar-refractivity contribution in [2.24, 2.45) is 0 Å². The number of oxazole rings is 1. The van der Waals surface area contributed by atoms with E-state index in [1.807, 2.05) is 12.1 Å². The van der Waals surface area contributed by atoms with Crippen molar-refractivity contribution in [3.05, 3.63) is 64.4 Å². The number of carbonyl (C=O) groups is 1. The average Bonchev–Trinajstić information content (AvgIpc) is 2.87. The van der Waals surface area contributed by atoms with Gasteiger partial charge in [-0.15, -0.1) is 0 Å². The maximum Gasteiger partial charge on any atom is 0.417 e. The fourth-order valence-electron chi connectivity index (χ4n) is 2.07. The van der Waals surface area contributed by atoms with E-state index in [4.69, 9.17) is 4.42 Å². The molecule has 21 heavy (non-hydrogen) atoms. The fraction of sp³-hybridized carbons (Fsp3) is 0.133. The quantitative estimate of drug-likeness (QED) is 0.759. The van der Waals surface area contributed by atoms with E-state index < -0.39 is 5.76 Å². The largest absolute Gasteiger partial charge is 0.417 e. The number of hydrogen-bond acceptors (Lipinski definition) is 4. The molecule has 0 spiro atoms. The summed E-state index contributed by atoms with van der Waals surface area (Å²) in [6.45, 7) is 0.501. The van der Waals surface area contributed by atoms with Crippen molar-refractivity contribution < 1.29 is 9.21 Å². The van der Waals surface area contributed by atoms with Crippen LogP contribution in [0.5, 0.6) is 0 Å². The van der Waals surface area contributed by atoms with Gasteiger partial charge in [0.05, 0.1) is 11.1 Å². The number of aromatic nitrogens is 2. The summed E-state index contributed by atoms with van der Waals surface area (Å²) in [4.78, 5) is 29.4. The summed E-state index contributed by atoms with van der Waals surface area (Å²) in [6.07, 6.45) is 3.81. The van der Waals surface area contributed by atoms with E-state index in [0.717, 1.165) is 5.56 Å². The molecule has 0 bridgehead atoms. The number of nitrogens with zero attached hydrogens (tertiary/aromatic N) is 1. The van der Waals surface area contributed by atoms with Gasteiger partial charge in [-0.2, -0.15) is 0 Å². The Kier molecular flexibility index (Phi) is 3.51. The lowest BCUT2D eigenvalue weighted by atomic mass is 10.1. The first kappa shape index (κ1) is 13.1. The topological polar surface area (TPSA) is 88.0 Å². The van der Waals surface area contributed by atoms with Crippen LogP contribution in [-0.2, 0) is 6.42 Å². The van der Waals surface area contributed by atoms with Crippen LogP contribution >= 0.6 is 0 Å². The predicted molar refractivity (Wildman–Crippen MR) is 77.1 cm³/mol. The van der Waals surface area contributed by atoms with Crippen LogP contribution in [0.25, 0.3) is 11.1 Å². The molecule has 2 N–H and O–H groups in total. The summed E-state index contributed by atoms with van der Waals surface area (Å²) >= 11 is 0. The zero-order valence-corrected chi connectivity index (χ0v) is 11.1. The lowest BCUT2D eigenvalue weighted by Crippen LogP contribution is -2.25. The molecule has 0 aliphatic carbocycles. The van der Waals surface area contributed by atoms with E-state index >= 15 is 0 Å². The van der Waals surface area contributed by atoms with Crippen LogP contribution in [0.15, 0.2) is 51.9 Å². The average molecular weight is 283 g/mol. The number of rotatable bonds is 4. The molecule has 2 aromatic heterocycles. The lowest BCUT2D eigenvalue weighted by molar-refractivity contribution is 0.0954. The van der Waals surface area contributed by atoms with Gasteiger partial charge in [-0.1, -0.05) is 6.07 Å². The van der Waals surface area contributed by atoms with Gasteiger partial charge in [0.15, 0.2) is 5.58 Å². The van der Waals surface area contributed by atoms with Crippen molar-refractivity contribution in [1.29, 1.82) is 0 Å². The molecule has 0 saturated carbocycles. The van der Waals surface area contributed by atoms with Crippen LogP contribution in [0.1, 0.15) is 15.9 Å². The normalized spacial score (nSPS) is 10.7. The van der Waals surface area contributed by atoms with Gasteiger partial charge >= 0.3 is 5.76 Å². The zero-order valence-electron chi connectivity index (χ0n) is 11.1. The summed E-state index contributed by atoms with van der Waals surface area (Å²) in [6, 6.07) is 8.89. The van der Waals surface area contributed by atoms with Gasteiger partial charge in [0.1, 0.15) is 0 Å². The molecule has 6 nitrogen and oxygen atoms in total. The minimum absolute atomic E-state index is 0.152. The van der Waals surface area contributed by atoms with Crippen molar-refractivity contribution in [2.75, 3.05) is 6.54 Å². The minimum atomic E-state index is -0.466. The van der Waals surface area contributed by atoms with E-state index in [1.165, 1.54) is 6.20 Å². The van der Waals surface area contributed by atoms with Gasteiger partial charge in [-0.3, -0.25) is 14.8 Å². The standard InChI is InChI=1S/C15H13N3O3/c19-14(11-2-1-6-16-9-11)17-7-5-10-3-4-13-12(8-10)18-15(20)21-13/h1-4,6,8-9H,5,7H2,(H,17,19)(H,18,20). The lowest BCUT2D eigenvalue weighted by Gasteiger charge is -2.05. The van der Waals surface area contributed by atoms with E-state index in [2.05, 4.69) is 15.3 Å². The van der Waals surface area contributed by atoms with Gasteiger partial charge in [-0.25, -0.2) is 4.79 Å². The number of amides is 1. The third-order valence-corrected chi connectivity index (χ3v) is 3.11. The molecule has 2 heterocycles. The molecule has 0 saturated heterocycles. The van der Waals surface area contributed by atoms with E-state index in [1.54, 1.807) is 24.4 Å². The van der Waals surface area contributed by atoms with E-state index in [9.17, 15) is 9.59 Å². The summed E-state index contributed by atoms with van der Waals surface area (Å²) in [5.41, 5.74) is 2.73. The van der Waals surface area contributed by atoms with Crippen LogP contribution in [0.4, 0.5) is 0 Å². The highest BCUT2D eigenvalue weighted by atomic mass is 16.4. The highest BCUT2D eigenvalue weighted by Gasteiger charge is 2.05. The Morgan fingerprint density at radius 3 is 3.05 bits per heavy atom. The molecular formula is C15H13N3O3. The Morgan fingerprint density at radius 2 is 2.24 bits per heavy atom. The van der Waals surface area contributed by atoms with Crippen molar-refractivity contribution in [1.82, 2.24) is 15.3 Å². The Morgan fingerprint density at radius 1 is 1.33 bits per heavy atom. The van der Waals surface area contributed by atoms with Gasteiger partial charge in [-0.05, 0) is 36.2 Å². The number of fused-ring (bicyclic) bond motifs is 1. The molecule has 0 fully saturated rings. The number of aromatic amines is 1. The van der Waals surface area contributed by atoms with Crippen molar-refractivity contribution >= 4 is 17.0 Å². The Hall–Kier alpha value is -2.89. The predicted octanol–water partition coefficient (Wildman–Crippen LogP) is 1.49. The number of H-pyrrole nitrogens is 1. The molecule has 0 unspecified atom stereocenters. The fourth-order valence-corrected chi connectivity index (χ4v) is 2.07. The molecule has 3 rings (SSSR count). The first-order valence-electron chi connectivity index (χ1n) is 6.52. The van der Waals surface area contributed by atoms with Gasteiger partial charge in [0, 0.05) is 18.9 Å².